The first-order valence-electron chi connectivity index (χ1n) is 6.67. The third kappa shape index (κ3) is 4.10. The quantitative estimate of drug-likeness (QED) is 0.848. The molecule has 0 fully saturated rings. The van der Waals surface area contributed by atoms with E-state index < -0.39 is 0 Å². The minimum absolute atomic E-state index is 0.619. The zero-order chi connectivity index (χ0) is 15.1. The van der Waals surface area contributed by atoms with Gasteiger partial charge in [-0.2, -0.15) is 0 Å². The van der Waals surface area contributed by atoms with Gasteiger partial charge in [0.25, 0.3) is 0 Å². The van der Waals surface area contributed by atoms with Crippen molar-refractivity contribution in [1.82, 2.24) is 10.3 Å². The summed E-state index contributed by atoms with van der Waals surface area (Å²) >= 11 is 0. The standard InChI is InChI=1S/C16H20N2O3/c1-19-14-4-5-15(20-2)13(9-14)11-17-10-12-6-7-18-16(8-12)21-3/h4-9,17H,10-11H2,1-3H3. The van der Waals surface area contributed by atoms with E-state index in [0.717, 1.165) is 29.2 Å². The molecule has 0 aliphatic carbocycles. The first-order valence-corrected chi connectivity index (χ1v) is 6.67. The normalized spacial score (nSPS) is 10.2. The van der Waals surface area contributed by atoms with E-state index in [1.54, 1.807) is 27.5 Å². The van der Waals surface area contributed by atoms with E-state index in [9.17, 15) is 0 Å². The Morgan fingerprint density at radius 2 is 1.81 bits per heavy atom. The van der Waals surface area contributed by atoms with Gasteiger partial charge in [0.05, 0.1) is 21.3 Å². The second-order valence-corrected chi connectivity index (χ2v) is 4.49. The molecule has 0 bridgehead atoms. The molecule has 2 rings (SSSR count). The van der Waals surface area contributed by atoms with E-state index in [1.807, 2.05) is 30.3 Å². The summed E-state index contributed by atoms with van der Waals surface area (Å²) in [6, 6.07) is 9.63. The predicted octanol–water partition coefficient (Wildman–Crippen LogP) is 2.40. The molecule has 0 saturated heterocycles. The third-order valence-electron chi connectivity index (χ3n) is 3.14. The van der Waals surface area contributed by atoms with Crippen LogP contribution in [0.2, 0.25) is 0 Å². The topological polar surface area (TPSA) is 52.6 Å². The maximum Gasteiger partial charge on any atom is 0.213 e. The maximum atomic E-state index is 5.36. The highest BCUT2D eigenvalue weighted by molar-refractivity contribution is 5.40. The molecule has 21 heavy (non-hydrogen) atoms. The lowest BCUT2D eigenvalue weighted by molar-refractivity contribution is 0.395. The number of aromatic nitrogens is 1. The minimum Gasteiger partial charge on any atom is -0.497 e. The lowest BCUT2D eigenvalue weighted by Gasteiger charge is -2.11. The van der Waals surface area contributed by atoms with Crippen LogP contribution >= 0.6 is 0 Å². The molecule has 1 heterocycles. The van der Waals surface area contributed by atoms with Gasteiger partial charge in [0.15, 0.2) is 0 Å². The number of methoxy groups -OCH3 is 3. The Hall–Kier alpha value is -2.27. The second-order valence-electron chi connectivity index (χ2n) is 4.49. The third-order valence-corrected chi connectivity index (χ3v) is 3.14. The molecule has 0 unspecified atom stereocenters. The van der Waals surface area contributed by atoms with Crippen molar-refractivity contribution in [3.05, 3.63) is 47.7 Å². The van der Waals surface area contributed by atoms with Crippen LogP contribution < -0.4 is 19.5 Å². The van der Waals surface area contributed by atoms with Gasteiger partial charge in [0.2, 0.25) is 5.88 Å². The van der Waals surface area contributed by atoms with Crippen LogP contribution in [0.5, 0.6) is 17.4 Å². The van der Waals surface area contributed by atoms with Crippen molar-refractivity contribution in [2.24, 2.45) is 0 Å². The highest BCUT2D eigenvalue weighted by atomic mass is 16.5. The summed E-state index contributed by atoms with van der Waals surface area (Å²) in [4.78, 5) is 4.09. The average molecular weight is 288 g/mol. The van der Waals surface area contributed by atoms with Crippen LogP contribution in [-0.2, 0) is 13.1 Å². The summed E-state index contributed by atoms with van der Waals surface area (Å²) in [5, 5.41) is 3.38. The predicted molar refractivity (Wildman–Crippen MR) is 80.9 cm³/mol. The highest BCUT2D eigenvalue weighted by Gasteiger charge is 2.05. The first kappa shape index (κ1) is 15.1. The maximum absolute atomic E-state index is 5.36. The van der Waals surface area contributed by atoms with Crippen LogP contribution in [0.1, 0.15) is 11.1 Å². The van der Waals surface area contributed by atoms with Crippen molar-refractivity contribution in [1.29, 1.82) is 0 Å². The van der Waals surface area contributed by atoms with Crippen LogP contribution in [-0.4, -0.2) is 26.3 Å². The van der Waals surface area contributed by atoms with Crippen LogP contribution in [0.15, 0.2) is 36.5 Å². The number of nitrogens with zero attached hydrogens (tertiary/aromatic N) is 1. The number of benzene rings is 1. The minimum atomic E-state index is 0.619. The molecule has 0 aliphatic heterocycles. The molecule has 0 atom stereocenters. The van der Waals surface area contributed by atoms with Gasteiger partial charge >= 0.3 is 0 Å². The van der Waals surface area contributed by atoms with Crippen LogP contribution in [0.4, 0.5) is 0 Å². The van der Waals surface area contributed by atoms with Gasteiger partial charge in [-0.05, 0) is 29.8 Å². The summed E-state index contributed by atoms with van der Waals surface area (Å²) in [5.41, 5.74) is 2.17. The highest BCUT2D eigenvalue weighted by Crippen LogP contribution is 2.23. The molecular formula is C16H20N2O3. The molecule has 0 spiro atoms. The average Bonchev–Trinajstić information content (AvgIpc) is 2.55. The van der Waals surface area contributed by atoms with Crippen LogP contribution in [0.3, 0.4) is 0 Å². The zero-order valence-corrected chi connectivity index (χ0v) is 12.6. The summed E-state index contributed by atoms with van der Waals surface area (Å²) in [6.07, 6.45) is 1.74. The summed E-state index contributed by atoms with van der Waals surface area (Å²) in [7, 11) is 4.93. The van der Waals surface area contributed by atoms with E-state index in [4.69, 9.17) is 14.2 Å². The van der Waals surface area contributed by atoms with E-state index in [2.05, 4.69) is 10.3 Å². The molecule has 2 aromatic rings. The van der Waals surface area contributed by atoms with Crippen molar-refractivity contribution in [2.75, 3.05) is 21.3 Å². The van der Waals surface area contributed by atoms with Crippen molar-refractivity contribution in [3.63, 3.8) is 0 Å². The van der Waals surface area contributed by atoms with Gasteiger partial charge in [-0.1, -0.05) is 0 Å². The number of nitrogens with one attached hydrogen (secondary N) is 1. The molecule has 0 radical (unpaired) electrons. The molecule has 5 nitrogen and oxygen atoms in total. The molecule has 112 valence electrons. The molecule has 5 heteroatoms. The van der Waals surface area contributed by atoms with Crippen molar-refractivity contribution in [2.45, 2.75) is 13.1 Å². The van der Waals surface area contributed by atoms with Gasteiger partial charge in [0, 0.05) is 30.9 Å². The number of pyridine rings is 1. The van der Waals surface area contributed by atoms with Gasteiger partial charge in [-0.15, -0.1) is 0 Å². The molecule has 1 aromatic carbocycles. The smallest absolute Gasteiger partial charge is 0.213 e. The second kappa shape index (κ2) is 7.50. The Morgan fingerprint density at radius 3 is 2.52 bits per heavy atom. The largest absolute Gasteiger partial charge is 0.497 e. The van der Waals surface area contributed by atoms with Crippen molar-refractivity contribution >= 4 is 0 Å². The Kier molecular flexibility index (Phi) is 5.40. The molecule has 0 amide bonds. The number of ether oxygens (including phenoxy) is 3. The summed E-state index contributed by atoms with van der Waals surface area (Å²) in [5.74, 6) is 2.28. The van der Waals surface area contributed by atoms with Gasteiger partial charge in [-0.3, -0.25) is 0 Å². The van der Waals surface area contributed by atoms with Gasteiger partial charge in [0.1, 0.15) is 11.5 Å². The Bertz CT molecular complexity index is 587. The summed E-state index contributed by atoms with van der Waals surface area (Å²) in [6.45, 7) is 1.41. The fourth-order valence-corrected chi connectivity index (χ4v) is 2.03. The first-order chi connectivity index (χ1) is 10.3. The van der Waals surface area contributed by atoms with E-state index in [1.165, 1.54) is 0 Å². The number of hydrogen-bond acceptors (Lipinski definition) is 5. The van der Waals surface area contributed by atoms with E-state index in [0.29, 0.717) is 12.4 Å². The molecular weight excluding hydrogens is 268 g/mol. The molecule has 1 aromatic heterocycles. The Morgan fingerprint density at radius 1 is 0.952 bits per heavy atom. The molecule has 0 saturated carbocycles. The molecule has 0 aliphatic rings. The lowest BCUT2D eigenvalue weighted by Crippen LogP contribution is -2.13. The van der Waals surface area contributed by atoms with Crippen LogP contribution in [0, 0.1) is 0 Å². The lowest BCUT2D eigenvalue weighted by atomic mass is 10.1. The fourth-order valence-electron chi connectivity index (χ4n) is 2.03. The Balaban J connectivity index is 1.99. The fraction of sp³-hybridized carbons (Fsp3) is 0.312. The molecule has 1 N–H and O–H groups in total. The zero-order valence-electron chi connectivity index (χ0n) is 12.6. The number of hydrogen-bond donors (Lipinski definition) is 1. The monoisotopic (exact) mass is 288 g/mol. The summed E-state index contributed by atoms with van der Waals surface area (Å²) < 4.78 is 15.7. The van der Waals surface area contributed by atoms with Crippen molar-refractivity contribution in [3.8, 4) is 17.4 Å². The van der Waals surface area contributed by atoms with Gasteiger partial charge in [-0.25, -0.2) is 4.98 Å². The number of rotatable bonds is 7. The van der Waals surface area contributed by atoms with E-state index in [-0.39, 0.29) is 0 Å². The van der Waals surface area contributed by atoms with E-state index >= 15 is 0 Å². The SMILES string of the molecule is COc1ccc(OC)c(CNCc2ccnc(OC)c2)c1. The van der Waals surface area contributed by atoms with Crippen LogP contribution in [0.25, 0.3) is 0 Å². The Labute approximate surface area is 124 Å². The van der Waals surface area contributed by atoms with Crippen molar-refractivity contribution < 1.29 is 14.2 Å². The van der Waals surface area contributed by atoms with Gasteiger partial charge < -0.3 is 19.5 Å².